The molecule has 3 rings (SSSR count). The molecular formula is C27H26N2S. The molecule has 3 heteroatoms. The molecule has 0 unspecified atom stereocenters. The first kappa shape index (κ1) is 21.5. The fraction of sp³-hybridized carbons (Fsp3) is 0.111. The monoisotopic (exact) mass is 410 g/mol. The third-order valence-corrected chi connectivity index (χ3v) is 5.17. The van der Waals surface area contributed by atoms with E-state index in [1.807, 2.05) is 67.6 Å². The van der Waals surface area contributed by atoms with Gasteiger partial charge >= 0.3 is 0 Å². The molecule has 0 fully saturated rings. The summed E-state index contributed by atoms with van der Waals surface area (Å²) in [6.45, 7) is 12.1. The number of hydrogen-bond acceptors (Lipinski definition) is 3. The van der Waals surface area contributed by atoms with Crippen LogP contribution >= 0.6 is 11.8 Å². The second-order valence-corrected chi connectivity index (χ2v) is 8.29. The Labute approximate surface area is 183 Å². The van der Waals surface area contributed by atoms with E-state index in [1.165, 1.54) is 0 Å². The smallest absolute Gasteiger partial charge is 0.160 e. The first-order chi connectivity index (χ1) is 14.6. The standard InChI is InChI=1S/C27H26N2S/c1-5-22(18-12-13-21(4)30-20(2)3)25-19-26(23-14-8-6-9-15-23)29-27(28-25)24-16-10-7-11-17-24/h6-19H,2,4-5H2,1,3H3/b13-12-,22-18+. The number of nitrogens with zero attached hydrogens (tertiary/aromatic N) is 2. The molecule has 150 valence electrons. The minimum absolute atomic E-state index is 0.734. The molecule has 2 nitrogen and oxygen atoms in total. The van der Waals surface area contributed by atoms with Gasteiger partial charge in [0.15, 0.2) is 5.82 Å². The molecule has 0 atom stereocenters. The SMILES string of the molecule is C=C(C)SC(=C)/C=C\C=C(/CC)c1cc(-c2ccccc2)nc(-c2ccccc2)n1. The Morgan fingerprint density at radius 1 is 0.933 bits per heavy atom. The zero-order valence-corrected chi connectivity index (χ0v) is 18.3. The Hall–Kier alpha value is -3.17. The predicted octanol–water partition coefficient (Wildman–Crippen LogP) is 7.94. The summed E-state index contributed by atoms with van der Waals surface area (Å²) < 4.78 is 0. The molecule has 0 saturated heterocycles. The van der Waals surface area contributed by atoms with Crippen LogP contribution in [0.2, 0.25) is 0 Å². The minimum Gasteiger partial charge on any atom is -0.228 e. The fourth-order valence-corrected chi connectivity index (χ4v) is 3.59. The summed E-state index contributed by atoms with van der Waals surface area (Å²) in [6, 6.07) is 22.4. The normalized spacial score (nSPS) is 11.6. The molecule has 30 heavy (non-hydrogen) atoms. The lowest BCUT2D eigenvalue weighted by Crippen LogP contribution is -1.98. The predicted molar refractivity (Wildman–Crippen MR) is 132 cm³/mol. The van der Waals surface area contributed by atoms with E-state index in [1.54, 1.807) is 11.8 Å². The molecule has 0 aliphatic carbocycles. The third-order valence-electron chi connectivity index (χ3n) is 4.42. The topological polar surface area (TPSA) is 25.8 Å². The van der Waals surface area contributed by atoms with E-state index < -0.39 is 0 Å². The van der Waals surface area contributed by atoms with Gasteiger partial charge in [-0.25, -0.2) is 9.97 Å². The van der Waals surface area contributed by atoms with Gasteiger partial charge in [-0.2, -0.15) is 0 Å². The molecule has 1 heterocycles. The average Bonchev–Trinajstić information content (AvgIpc) is 2.77. The summed E-state index contributed by atoms with van der Waals surface area (Å²) in [6.07, 6.45) is 7.01. The van der Waals surface area contributed by atoms with Crippen molar-refractivity contribution in [2.45, 2.75) is 20.3 Å². The van der Waals surface area contributed by atoms with Crippen molar-refractivity contribution in [3.8, 4) is 22.6 Å². The largest absolute Gasteiger partial charge is 0.228 e. The molecule has 0 spiro atoms. The summed E-state index contributed by atoms with van der Waals surface area (Å²) in [5.74, 6) is 0.734. The Kier molecular flexibility index (Phi) is 7.58. The number of aromatic nitrogens is 2. The van der Waals surface area contributed by atoms with Gasteiger partial charge in [0.05, 0.1) is 11.4 Å². The third kappa shape index (κ3) is 5.91. The molecule has 0 saturated carbocycles. The van der Waals surface area contributed by atoms with Gasteiger partial charge in [0.25, 0.3) is 0 Å². The van der Waals surface area contributed by atoms with E-state index in [0.717, 1.165) is 50.1 Å². The molecule has 0 N–H and O–H groups in total. The quantitative estimate of drug-likeness (QED) is 0.352. The second-order valence-electron chi connectivity index (χ2n) is 6.87. The molecule has 0 aliphatic rings. The molecule has 0 amide bonds. The highest BCUT2D eigenvalue weighted by Gasteiger charge is 2.10. The summed E-state index contributed by atoms with van der Waals surface area (Å²) in [4.78, 5) is 11.7. The van der Waals surface area contributed by atoms with E-state index in [0.29, 0.717) is 0 Å². The van der Waals surface area contributed by atoms with E-state index >= 15 is 0 Å². The lowest BCUT2D eigenvalue weighted by atomic mass is 10.0. The first-order valence-corrected chi connectivity index (χ1v) is 10.8. The van der Waals surface area contributed by atoms with E-state index in [-0.39, 0.29) is 0 Å². The zero-order chi connectivity index (χ0) is 21.3. The van der Waals surface area contributed by atoms with Crippen molar-refractivity contribution >= 4 is 17.3 Å². The number of thioether (sulfide) groups is 1. The Morgan fingerprint density at radius 2 is 1.57 bits per heavy atom. The minimum atomic E-state index is 0.734. The highest BCUT2D eigenvalue weighted by Crippen LogP contribution is 2.27. The Balaban J connectivity index is 2.03. The fourth-order valence-electron chi connectivity index (χ4n) is 3.00. The van der Waals surface area contributed by atoms with Crippen LogP contribution in [-0.2, 0) is 0 Å². The molecule has 2 aromatic carbocycles. The first-order valence-electron chi connectivity index (χ1n) is 9.96. The highest BCUT2D eigenvalue weighted by molar-refractivity contribution is 8.06. The van der Waals surface area contributed by atoms with E-state index in [2.05, 4.69) is 44.4 Å². The van der Waals surface area contributed by atoms with Gasteiger partial charge in [0.1, 0.15) is 0 Å². The van der Waals surface area contributed by atoms with Gasteiger partial charge in [-0.05, 0) is 36.0 Å². The van der Waals surface area contributed by atoms with Crippen LogP contribution < -0.4 is 0 Å². The molecular weight excluding hydrogens is 384 g/mol. The lowest BCUT2D eigenvalue weighted by molar-refractivity contribution is 1.12. The number of rotatable bonds is 8. The second kappa shape index (κ2) is 10.6. The lowest BCUT2D eigenvalue weighted by Gasteiger charge is -2.10. The van der Waals surface area contributed by atoms with Crippen LogP contribution in [0.25, 0.3) is 28.2 Å². The number of benzene rings is 2. The van der Waals surface area contributed by atoms with Crippen LogP contribution in [0, 0.1) is 0 Å². The maximum atomic E-state index is 4.89. The summed E-state index contributed by atoms with van der Waals surface area (Å²) in [5.41, 5.74) is 5.10. The van der Waals surface area contributed by atoms with Gasteiger partial charge in [-0.15, -0.1) is 0 Å². The Morgan fingerprint density at radius 3 is 2.17 bits per heavy atom. The van der Waals surface area contributed by atoms with Crippen LogP contribution in [0.4, 0.5) is 0 Å². The molecule has 0 aliphatic heterocycles. The van der Waals surface area contributed by atoms with Crippen LogP contribution in [0.1, 0.15) is 26.0 Å². The van der Waals surface area contributed by atoms with E-state index in [4.69, 9.17) is 9.97 Å². The van der Waals surface area contributed by atoms with Gasteiger partial charge in [-0.3, -0.25) is 0 Å². The molecule has 0 radical (unpaired) electrons. The van der Waals surface area contributed by atoms with Crippen molar-refractivity contribution in [2.24, 2.45) is 0 Å². The van der Waals surface area contributed by atoms with Crippen molar-refractivity contribution in [3.63, 3.8) is 0 Å². The maximum Gasteiger partial charge on any atom is 0.160 e. The van der Waals surface area contributed by atoms with Gasteiger partial charge in [-0.1, -0.05) is 105 Å². The van der Waals surface area contributed by atoms with Crippen molar-refractivity contribution in [1.82, 2.24) is 9.97 Å². The average molecular weight is 411 g/mol. The van der Waals surface area contributed by atoms with Crippen molar-refractivity contribution in [1.29, 1.82) is 0 Å². The van der Waals surface area contributed by atoms with Crippen LogP contribution in [-0.4, -0.2) is 9.97 Å². The van der Waals surface area contributed by atoms with Crippen molar-refractivity contribution in [3.05, 3.63) is 114 Å². The summed E-state index contributed by atoms with van der Waals surface area (Å²) >= 11 is 1.58. The number of hydrogen-bond donors (Lipinski definition) is 0. The van der Waals surface area contributed by atoms with Crippen LogP contribution in [0.5, 0.6) is 0 Å². The maximum absolute atomic E-state index is 4.89. The molecule has 3 aromatic rings. The molecule has 0 bridgehead atoms. The highest BCUT2D eigenvalue weighted by atomic mass is 32.2. The van der Waals surface area contributed by atoms with Crippen LogP contribution in [0.3, 0.4) is 0 Å². The van der Waals surface area contributed by atoms with E-state index in [9.17, 15) is 0 Å². The van der Waals surface area contributed by atoms with Gasteiger partial charge in [0, 0.05) is 16.0 Å². The molecule has 1 aromatic heterocycles. The summed E-state index contributed by atoms with van der Waals surface area (Å²) in [5, 5.41) is 0. The van der Waals surface area contributed by atoms with Crippen LogP contribution in [0.15, 0.2) is 108 Å². The Bertz CT molecular complexity index is 1020. The summed E-state index contributed by atoms with van der Waals surface area (Å²) in [7, 11) is 0. The number of allylic oxidation sites excluding steroid dienone is 5. The van der Waals surface area contributed by atoms with Crippen molar-refractivity contribution < 1.29 is 0 Å². The van der Waals surface area contributed by atoms with Gasteiger partial charge in [0.2, 0.25) is 0 Å². The zero-order valence-electron chi connectivity index (χ0n) is 17.5. The van der Waals surface area contributed by atoms with Gasteiger partial charge < -0.3 is 0 Å². The van der Waals surface area contributed by atoms with Crippen molar-refractivity contribution in [2.75, 3.05) is 0 Å².